The van der Waals surface area contributed by atoms with Gasteiger partial charge in [-0.3, -0.25) is 9.59 Å². The zero-order chi connectivity index (χ0) is 19.4. The zero-order valence-electron chi connectivity index (χ0n) is 13.6. The highest BCUT2D eigenvalue weighted by molar-refractivity contribution is 5.55. The molecule has 8 nitrogen and oxygen atoms in total. The van der Waals surface area contributed by atoms with Crippen LogP contribution < -0.4 is 15.9 Å². The lowest BCUT2D eigenvalue weighted by molar-refractivity contribution is -0.154. The van der Waals surface area contributed by atoms with Crippen molar-refractivity contribution in [1.82, 2.24) is 24.7 Å². The van der Waals surface area contributed by atoms with Crippen molar-refractivity contribution in [2.45, 2.75) is 12.7 Å². The second-order valence-corrected chi connectivity index (χ2v) is 5.40. The molecule has 3 aromatic heterocycles. The molecular weight excluding hydrogens is 367 g/mol. The molecule has 0 aromatic carbocycles. The summed E-state index contributed by atoms with van der Waals surface area (Å²) in [7, 11) is 0. The summed E-state index contributed by atoms with van der Waals surface area (Å²) in [5.74, 6) is 0. The monoisotopic (exact) mass is 379 g/mol. The third-order valence-corrected chi connectivity index (χ3v) is 3.38. The van der Waals surface area contributed by atoms with Gasteiger partial charge in [0.15, 0.2) is 6.61 Å². The molecule has 3 aromatic rings. The molecule has 0 bridgehead atoms. The fraction of sp³-hybridized carbons (Fsp3) is 0.188. The van der Waals surface area contributed by atoms with Gasteiger partial charge in [0.2, 0.25) is 0 Å². The Balaban J connectivity index is 1.82. The van der Waals surface area contributed by atoms with Crippen LogP contribution in [0.15, 0.2) is 52.4 Å². The number of ether oxygens (including phenoxy) is 1. The molecule has 0 saturated carbocycles. The Bertz CT molecular complexity index is 1040. The van der Waals surface area contributed by atoms with E-state index in [4.69, 9.17) is 0 Å². The molecule has 27 heavy (non-hydrogen) atoms. The highest BCUT2D eigenvalue weighted by atomic mass is 19.4. The average molecular weight is 379 g/mol. The van der Waals surface area contributed by atoms with Crippen LogP contribution in [0.5, 0.6) is 6.01 Å². The summed E-state index contributed by atoms with van der Waals surface area (Å²) in [4.78, 5) is 33.6. The van der Waals surface area contributed by atoms with Crippen molar-refractivity contribution in [1.29, 1.82) is 0 Å². The number of halogens is 3. The van der Waals surface area contributed by atoms with Crippen LogP contribution in [0.2, 0.25) is 0 Å². The Labute approximate surface area is 149 Å². The molecule has 1 N–H and O–H groups in total. The molecule has 3 heterocycles. The van der Waals surface area contributed by atoms with E-state index in [-0.39, 0.29) is 12.1 Å². The summed E-state index contributed by atoms with van der Waals surface area (Å²) in [6.07, 6.45) is -0.567. The highest BCUT2D eigenvalue weighted by Gasteiger charge is 2.28. The number of H-pyrrole nitrogens is 1. The minimum atomic E-state index is -4.49. The lowest BCUT2D eigenvalue weighted by Gasteiger charge is -2.08. The van der Waals surface area contributed by atoms with E-state index in [1.165, 1.54) is 30.7 Å². The minimum absolute atomic E-state index is 0.0452. The SMILES string of the molecule is O=c1[nH]cccc1Cn1nc(-c2cnc(OCC(F)(F)F)nc2)ccc1=O. The number of rotatable bonds is 5. The van der Waals surface area contributed by atoms with Crippen molar-refractivity contribution in [2.75, 3.05) is 6.61 Å². The van der Waals surface area contributed by atoms with Gasteiger partial charge in [-0.2, -0.15) is 18.3 Å². The van der Waals surface area contributed by atoms with Crippen LogP contribution in [-0.4, -0.2) is 37.5 Å². The Kier molecular flexibility index (Phi) is 5.01. The van der Waals surface area contributed by atoms with Crippen LogP contribution in [-0.2, 0) is 6.54 Å². The van der Waals surface area contributed by atoms with Crippen LogP contribution in [0.3, 0.4) is 0 Å². The van der Waals surface area contributed by atoms with E-state index in [0.29, 0.717) is 16.8 Å². The maximum absolute atomic E-state index is 12.1. The Morgan fingerprint density at radius 1 is 1.11 bits per heavy atom. The quantitative estimate of drug-likeness (QED) is 0.719. The lowest BCUT2D eigenvalue weighted by Crippen LogP contribution is -2.26. The molecule has 0 radical (unpaired) electrons. The zero-order valence-corrected chi connectivity index (χ0v) is 13.6. The molecule has 0 atom stereocenters. The summed E-state index contributed by atoms with van der Waals surface area (Å²) in [5.41, 5.74) is 0.255. The van der Waals surface area contributed by atoms with E-state index in [9.17, 15) is 22.8 Å². The van der Waals surface area contributed by atoms with E-state index in [1.807, 2.05) is 0 Å². The van der Waals surface area contributed by atoms with E-state index >= 15 is 0 Å². The first kappa shape index (κ1) is 18.3. The van der Waals surface area contributed by atoms with Crippen molar-refractivity contribution < 1.29 is 17.9 Å². The predicted molar refractivity (Wildman–Crippen MR) is 87.2 cm³/mol. The Morgan fingerprint density at radius 3 is 2.52 bits per heavy atom. The van der Waals surface area contributed by atoms with Crippen LogP contribution in [0, 0.1) is 0 Å². The fourth-order valence-electron chi connectivity index (χ4n) is 2.13. The number of hydrogen-bond donors (Lipinski definition) is 1. The number of nitrogens with one attached hydrogen (secondary N) is 1. The number of nitrogens with zero attached hydrogens (tertiary/aromatic N) is 4. The molecule has 0 aliphatic heterocycles. The van der Waals surface area contributed by atoms with Crippen LogP contribution in [0.1, 0.15) is 5.56 Å². The molecule has 0 amide bonds. The van der Waals surface area contributed by atoms with E-state index < -0.39 is 24.4 Å². The van der Waals surface area contributed by atoms with Gasteiger partial charge in [0.1, 0.15) is 0 Å². The van der Waals surface area contributed by atoms with Crippen molar-refractivity contribution in [3.8, 4) is 17.3 Å². The van der Waals surface area contributed by atoms with Crippen molar-refractivity contribution in [3.63, 3.8) is 0 Å². The molecule has 0 unspecified atom stereocenters. The first-order chi connectivity index (χ1) is 12.8. The number of hydrogen-bond acceptors (Lipinski definition) is 6. The second-order valence-electron chi connectivity index (χ2n) is 5.40. The van der Waals surface area contributed by atoms with Crippen LogP contribution >= 0.6 is 0 Å². The standard InChI is InChI=1S/C16H12F3N5O3/c17-16(18,19)9-27-15-21-6-11(7-22-15)12-3-4-13(25)24(23-12)8-10-2-1-5-20-14(10)26/h1-7H,8-9H2,(H,20,26). The molecule has 3 rings (SSSR count). The first-order valence-electron chi connectivity index (χ1n) is 7.58. The predicted octanol–water partition coefficient (Wildman–Crippen LogP) is 1.38. The maximum Gasteiger partial charge on any atom is 0.422 e. The van der Waals surface area contributed by atoms with Gasteiger partial charge in [-0.1, -0.05) is 6.07 Å². The largest absolute Gasteiger partial charge is 0.454 e. The molecule has 0 spiro atoms. The highest BCUT2D eigenvalue weighted by Crippen LogP contribution is 2.18. The van der Waals surface area contributed by atoms with Gasteiger partial charge in [0.25, 0.3) is 11.1 Å². The molecule has 0 fully saturated rings. The molecule has 0 aliphatic rings. The molecule has 140 valence electrons. The first-order valence-corrected chi connectivity index (χ1v) is 7.58. The van der Waals surface area contributed by atoms with Gasteiger partial charge in [0, 0.05) is 35.8 Å². The van der Waals surface area contributed by atoms with E-state index in [2.05, 4.69) is 24.8 Å². The summed E-state index contributed by atoms with van der Waals surface area (Å²) in [6, 6.07) is 5.44. The van der Waals surface area contributed by atoms with Gasteiger partial charge in [0.05, 0.1) is 12.2 Å². The van der Waals surface area contributed by atoms with E-state index in [1.54, 1.807) is 12.1 Å². The maximum atomic E-state index is 12.1. The third kappa shape index (κ3) is 4.77. The van der Waals surface area contributed by atoms with Gasteiger partial charge in [-0.25, -0.2) is 14.6 Å². The Morgan fingerprint density at radius 2 is 1.85 bits per heavy atom. The summed E-state index contributed by atoms with van der Waals surface area (Å²) >= 11 is 0. The molecular formula is C16H12F3N5O3. The summed E-state index contributed by atoms with van der Waals surface area (Å²) in [5, 5.41) is 4.14. The Hall–Kier alpha value is -3.50. The number of aromatic amines is 1. The fourth-order valence-corrected chi connectivity index (χ4v) is 2.13. The average Bonchev–Trinajstić information content (AvgIpc) is 2.63. The van der Waals surface area contributed by atoms with Gasteiger partial charge >= 0.3 is 12.2 Å². The third-order valence-electron chi connectivity index (χ3n) is 3.38. The van der Waals surface area contributed by atoms with Crippen molar-refractivity contribution >= 4 is 0 Å². The molecule has 0 aliphatic carbocycles. The smallest absolute Gasteiger partial charge is 0.422 e. The number of pyridine rings is 1. The second kappa shape index (κ2) is 7.40. The topological polar surface area (TPSA) is 103 Å². The summed E-state index contributed by atoms with van der Waals surface area (Å²) in [6.45, 7) is -1.54. The van der Waals surface area contributed by atoms with Crippen LogP contribution in [0.25, 0.3) is 11.3 Å². The minimum Gasteiger partial charge on any atom is -0.454 e. The molecule has 11 heteroatoms. The van der Waals surface area contributed by atoms with Crippen LogP contribution in [0.4, 0.5) is 13.2 Å². The van der Waals surface area contributed by atoms with Gasteiger partial charge < -0.3 is 9.72 Å². The van der Waals surface area contributed by atoms with Crippen molar-refractivity contribution in [2.24, 2.45) is 0 Å². The summed E-state index contributed by atoms with van der Waals surface area (Å²) < 4.78 is 41.9. The van der Waals surface area contributed by atoms with Crippen molar-refractivity contribution in [3.05, 3.63) is 69.1 Å². The van der Waals surface area contributed by atoms with Gasteiger partial charge in [-0.05, 0) is 12.1 Å². The molecule has 0 saturated heterocycles. The number of aromatic nitrogens is 5. The lowest BCUT2D eigenvalue weighted by atomic mass is 10.2. The van der Waals surface area contributed by atoms with E-state index in [0.717, 1.165) is 4.68 Å². The normalized spacial score (nSPS) is 11.4. The van der Waals surface area contributed by atoms with Gasteiger partial charge in [-0.15, -0.1) is 0 Å². The number of alkyl halides is 3.